The number of nitrogens with one attached hydrogen (secondary N) is 1. The van der Waals surface area contributed by atoms with Crippen LogP contribution in [0.4, 0.5) is 5.69 Å². The normalized spacial score (nSPS) is 15.9. The molecule has 0 saturated carbocycles. The van der Waals surface area contributed by atoms with Crippen LogP contribution in [0.2, 0.25) is 0 Å². The average molecular weight is 430 g/mol. The summed E-state index contributed by atoms with van der Waals surface area (Å²) in [5, 5.41) is 2.82. The first kappa shape index (κ1) is 22.2. The van der Waals surface area contributed by atoms with Gasteiger partial charge in [-0.25, -0.2) is 0 Å². The summed E-state index contributed by atoms with van der Waals surface area (Å²) >= 11 is 0. The maximum atomic E-state index is 13.0. The number of morpholine rings is 1. The number of rotatable bonds is 8. The van der Waals surface area contributed by atoms with Crippen molar-refractivity contribution in [1.29, 1.82) is 0 Å². The number of ether oxygens (including phenoxy) is 5. The van der Waals surface area contributed by atoms with E-state index in [4.69, 9.17) is 23.7 Å². The highest BCUT2D eigenvalue weighted by molar-refractivity contribution is 5.98. The molecule has 1 fully saturated rings. The lowest BCUT2D eigenvalue weighted by molar-refractivity contribution is -0.154. The Morgan fingerprint density at radius 3 is 2.42 bits per heavy atom. The average Bonchev–Trinajstić information content (AvgIpc) is 2.80. The standard InChI is InChI=1S/C22H26N2O7/c1-27-16-7-5-14(19(10-16)29-3)11-24-17(12-31-13-21(24)25)22(26)23-15-6-8-18(28-2)20(9-15)30-4/h5-10,17H,11-13H2,1-4H3,(H,23,26). The molecule has 0 spiro atoms. The van der Waals surface area contributed by atoms with Gasteiger partial charge in [-0.05, 0) is 24.3 Å². The van der Waals surface area contributed by atoms with Gasteiger partial charge in [0.2, 0.25) is 11.8 Å². The number of benzene rings is 2. The van der Waals surface area contributed by atoms with Crippen molar-refractivity contribution >= 4 is 17.5 Å². The van der Waals surface area contributed by atoms with Crippen molar-refractivity contribution in [3.05, 3.63) is 42.0 Å². The molecule has 31 heavy (non-hydrogen) atoms. The summed E-state index contributed by atoms with van der Waals surface area (Å²) in [7, 11) is 6.16. The Morgan fingerprint density at radius 2 is 1.74 bits per heavy atom. The van der Waals surface area contributed by atoms with Crippen molar-refractivity contribution < 1.29 is 33.3 Å². The number of nitrogens with zero attached hydrogens (tertiary/aromatic N) is 1. The van der Waals surface area contributed by atoms with Crippen LogP contribution in [0.15, 0.2) is 36.4 Å². The number of hydrogen-bond acceptors (Lipinski definition) is 7. The highest BCUT2D eigenvalue weighted by Gasteiger charge is 2.34. The first-order valence-electron chi connectivity index (χ1n) is 9.61. The first-order chi connectivity index (χ1) is 15.0. The zero-order valence-electron chi connectivity index (χ0n) is 18.0. The van der Waals surface area contributed by atoms with Gasteiger partial charge >= 0.3 is 0 Å². The van der Waals surface area contributed by atoms with Crippen molar-refractivity contribution in [3.8, 4) is 23.0 Å². The molecule has 166 valence electrons. The second-order valence-corrected chi connectivity index (χ2v) is 6.79. The van der Waals surface area contributed by atoms with Gasteiger partial charge in [0, 0.05) is 23.4 Å². The molecule has 9 heteroatoms. The van der Waals surface area contributed by atoms with Crippen LogP contribution in [0.3, 0.4) is 0 Å². The van der Waals surface area contributed by atoms with Gasteiger partial charge in [0.15, 0.2) is 11.5 Å². The van der Waals surface area contributed by atoms with Crippen LogP contribution < -0.4 is 24.3 Å². The van der Waals surface area contributed by atoms with E-state index in [0.717, 1.165) is 5.56 Å². The van der Waals surface area contributed by atoms with Gasteiger partial charge in [-0.15, -0.1) is 0 Å². The first-order valence-corrected chi connectivity index (χ1v) is 9.61. The van der Waals surface area contributed by atoms with Crippen molar-refractivity contribution in [1.82, 2.24) is 4.90 Å². The monoisotopic (exact) mass is 430 g/mol. The third kappa shape index (κ3) is 5.00. The molecule has 1 N–H and O–H groups in total. The number of anilines is 1. The fourth-order valence-corrected chi connectivity index (χ4v) is 3.33. The molecule has 3 rings (SSSR count). The molecule has 1 aliphatic rings. The molecule has 2 aromatic carbocycles. The predicted octanol–water partition coefficient (Wildman–Crippen LogP) is 2.09. The van der Waals surface area contributed by atoms with E-state index in [2.05, 4.69) is 5.32 Å². The maximum Gasteiger partial charge on any atom is 0.249 e. The van der Waals surface area contributed by atoms with Crippen LogP contribution >= 0.6 is 0 Å². The molecule has 2 amide bonds. The molecule has 1 atom stereocenters. The highest BCUT2D eigenvalue weighted by Crippen LogP contribution is 2.30. The lowest BCUT2D eigenvalue weighted by atomic mass is 10.1. The molecular formula is C22H26N2O7. The lowest BCUT2D eigenvalue weighted by Gasteiger charge is -2.34. The maximum absolute atomic E-state index is 13.0. The largest absolute Gasteiger partial charge is 0.497 e. The van der Waals surface area contributed by atoms with Crippen LogP contribution in [0.1, 0.15) is 5.56 Å². The van der Waals surface area contributed by atoms with E-state index in [1.54, 1.807) is 44.6 Å². The van der Waals surface area contributed by atoms with Crippen LogP contribution in [0, 0.1) is 0 Å². The Balaban J connectivity index is 1.80. The highest BCUT2D eigenvalue weighted by atomic mass is 16.5. The molecule has 1 saturated heterocycles. The molecule has 9 nitrogen and oxygen atoms in total. The van der Waals surface area contributed by atoms with Gasteiger partial charge < -0.3 is 33.9 Å². The van der Waals surface area contributed by atoms with E-state index in [-0.39, 0.29) is 31.6 Å². The van der Waals surface area contributed by atoms with Crippen LogP contribution in [0.25, 0.3) is 0 Å². The predicted molar refractivity (Wildman–Crippen MR) is 113 cm³/mol. The zero-order valence-corrected chi connectivity index (χ0v) is 18.0. The summed E-state index contributed by atoms with van der Waals surface area (Å²) in [5.74, 6) is 1.58. The van der Waals surface area contributed by atoms with Gasteiger partial charge in [0.05, 0.1) is 41.6 Å². The molecule has 1 heterocycles. The minimum Gasteiger partial charge on any atom is -0.497 e. The minimum atomic E-state index is -0.804. The van der Waals surface area contributed by atoms with Crippen LogP contribution in [-0.2, 0) is 20.9 Å². The number of hydrogen-bond donors (Lipinski definition) is 1. The van der Waals surface area contributed by atoms with Crippen molar-refractivity contribution in [3.63, 3.8) is 0 Å². The van der Waals surface area contributed by atoms with Crippen LogP contribution in [0.5, 0.6) is 23.0 Å². The number of carbonyl (C=O) groups excluding carboxylic acids is 2. The molecule has 0 aliphatic carbocycles. The summed E-state index contributed by atoms with van der Waals surface area (Å²) in [6.45, 7) is 0.196. The van der Waals surface area contributed by atoms with Crippen LogP contribution in [-0.4, -0.2) is 64.4 Å². The molecule has 0 radical (unpaired) electrons. The SMILES string of the molecule is COc1ccc(CN2C(=O)COCC2C(=O)Nc2ccc(OC)c(OC)c2)c(OC)c1. The fraction of sp³-hybridized carbons (Fsp3) is 0.364. The number of carbonyl (C=O) groups is 2. The van der Waals surface area contributed by atoms with Gasteiger partial charge in [-0.2, -0.15) is 0 Å². The quantitative estimate of drug-likeness (QED) is 0.685. The second-order valence-electron chi connectivity index (χ2n) is 6.79. The van der Waals surface area contributed by atoms with Crippen molar-refractivity contribution in [2.24, 2.45) is 0 Å². The zero-order chi connectivity index (χ0) is 22.4. The van der Waals surface area contributed by atoms with E-state index in [0.29, 0.717) is 28.7 Å². The fourth-order valence-electron chi connectivity index (χ4n) is 3.33. The Hall–Kier alpha value is -3.46. The van der Waals surface area contributed by atoms with E-state index < -0.39 is 6.04 Å². The molecule has 1 aliphatic heterocycles. The number of methoxy groups -OCH3 is 4. The van der Waals surface area contributed by atoms with Gasteiger partial charge in [0.1, 0.15) is 24.1 Å². The van der Waals surface area contributed by atoms with Crippen molar-refractivity contribution in [2.75, 3.05) is 47.0 Å². The van der Waals surface area contributed by atoms with Gasteiger partial charge in [-0.1, -0.05) is 0 Å². The Kier molecular flexibility index (Phi) is 7.19. The summed E-state index contributed by atoms with van der Waals surface area (Å²) in [6, 6.07) is 9.56. The van der Waals surface area contributed by atoms with Gasteiger partial charge in [0.25, 0.3) is 0 Å². The molecule has 0 bridgehead atoms. The smallest absolute Gasteiger partial charge is 0.249 e. The Bertz CT molecular complexity index is 947. The van der Waals surface area contributed by atoms with Crippen molar-refractivity contribution in [2.45, 2.75) is 12.6 Å². The molecule has 2 aromatic rings. The molecule has 0 aromatic heterocycles. The van der Waals surface area contributed by atoms with E-state index in [1.165, 1.54) is 19.1 Å². The molecular weight excluding hydrogens is 404 g/mol. The Labute approximate surface area is 180 Å². The summed E-state index contributed by atoms with van der Waals surface area (Å²) < 4.78 is 26.5. The third-order valence-electron chi connectivity index (χ3n) is 4.99. The summed E-state index contributed by atoms with van der Waals surface area (Å²) in [4.78, 5) is 27.1. The summed E-state index contributed by atoms with van der Waals surface area (Å²) in [5.41, 5.74) is 1.27. The lowest BCUT2D eigenvalue weighted by Crippen LogP contribution is -2.54. The second kappa shape index (κ2) is 10.0. The number of amides is 2. The molecule has 1 unspecified atom stereocenters. The van der Waals surface area contributed by atoms with Gasteiger partial charge in [-0.3, -0.25) is 9.59 Å². The van der Waals surface area contributed by atoms with E-state index >= 15 is 0 Å². The van der Waals surface area contributed by atoms with E-state index in [9.17, 15) is 9.59 Å². The Morgan fingerprint density at radius 1 is 1.00 bits per heavy atom. The summed E-state index contributed by atoms with van der Waals surface area (Å²) in [6.07, 6.45) is 0. The topological polar surface area (TPSA) is 95.6 Å². The third-order valence-corrected chi connectivity index (χ3v) is 4.99. The van der Waals surface area contributed by atoms with E-state index in [1.807, 2.05) is 6.07 Å². The minimum absolute atomic E-state index is 0.0847.